The normalized spacial score (nSPS) is 17.3. The van der Waals surface area contributed by atoms with E-state index in [-0.39, 0.29) is 18.3 Å². The number of aliphatic carboxylic acids is 1. The number of hydrogen-bond donors (Lipinski definition) is 1. The molecular weight excluding hydrogens is 694 g/mol. The van der Waals surface area contributed by atoms with Crippen molar-refractivity contribution in [1.29, 1.82) is 0 Å². The fraction of sp³-hybridized carbons (Fsp3) is 0.585. The van der Waals surface area contributed by atoms with Gasteiger partial charge in [0.1, 0.15) is 19.1 Å². The summed E-state index contributed by atoms with van der Waals surface area (Å²) in [6.45, 7) is 9.26. The van der Waals surface area contributed by atoms with Gasteiger partial charge in [-0.2, -0.15) is 0 Å². The molecule has 13 nitrogen and oxygen atoms in total. The van der Waals surface area contributed by atoms with Gasteiger partial charge in [0.15, 0.2) is 12.2 Å². The molecule has 1 aromatic rings. The van der Waals surface area contributed by atoms with Crippen molar-refractivity contribution in [3.8, 4) is 30.1 Å². The number of terminal acetylenes is 1. The van der Waals surface area contributed by atoms with E-state index in [1.165, 1.54) is 30.8 Å². The summed E-state index contributed by atoms with van der Waals surface area (Å²) in [5.74, 6) is 5.17. The van der Waals surface area contributed by atoms with E-state index in [1.807, 2.05) is 24.3 Å². The number of ether oxygens (including phenoxy) is 4. The number of likely N-dealkylation sites (N-methyl/N-ethyl adjacent to an activating group) is 2. The molecule has 0 bridgehead atoms. The van der Waals surface area contributed by atoms with E-state index in [0.717, 1.165) is 50.0 Å². The monoisotopic (exact) mass is 748 g/mol. The topological polar surface area (TPSA) is 152 Å². The fourth-order valence-electron chi connectivity index (χ4n) is 5.65. The standard InChI is InChI=1S/C35H51N3O10.C6H/c1-22(31(40)41)46-32(42)27(19-23-7-8-23)36(5)30(39)29(21-25-11-13-26(14-12-25)38-15-17-45-18-16-38)47-33(43)28(20-24-9-10-24)37(6)34(44)48-35(2,3)4;1-3-5-6-4-2/h11-14,22-24,27-29H,7-10,15-21H2,1-6H3,(H,40,41);1H/q;-1/t22-,27+,28+,29-;/m1./s1/i;1T. The summed E-state index contributed by atoms with van der Waals surface area (Å²) >= 11 is 0. The molecule has 2 saturated carbocycles. The van der Waals surface area contributed by atoms with E-state index >= 15 is 0 Å². The molecule has 13 heteroatoms. The van der Waals surface area contributed by atoms with Crippen LogP contribution in [0.25, 0.3) is 0 Å². The second-order valence-electron chi connectivity index (χ2n) is 14.7. The van der Waals surface area contributed by atoms with Crippen LogP contribution < -0.4 is 4.90 Å². The number of benzene rings is 1. The third-order valence-corrected chi connectivity index (χ3v) is 9.11. The van der Waals surface area contributed by atoms with Crippen molar-refractivity contribution in [1.82, 2.24) is 9.80 Å². The predicted octanol–water partition coefficient (Wildman–Crippen LogP) is 3.87. The average molecular weight is 749 g/mol. The van der Waals surface area contributed by atoms with Gasteiger partial charge < -0.3 is 40.3 Å². The maximum atomic E-state index is 14.2. The number of nitrogens with zero attached hydrogens (tertiary/aromatic N) is 3. The zero-order chi connectivity index (χ0) is 40.7. The van der Waals surface area contributed by atoms with Crippen LogP contribution in [-0.2, 0) is 44.5 Å². The number of hydrogen-bond acceptors (Lipinski definition) is 10. The first-order valence-electron chi connectivity index (χ1n) is 18.7. The smallest absolute Gasteiger partial charge is 0.410 e. The van der Waals surface area contributed by atoms with Gasteiger partial charge in [-0.1, -0.05) is 37.8 Å². The highest BCUT2D eigenvalue weighted by atomic mass is 16.6. The highest BCUT2D eigenvalue weighted by Crippen LogP contribution is 2.36. The highest BCUT2D eigenvalue weighted by Gasteiger charge is 2.42. The Kier molecular flexibility index (Phi) is 15.6. The Bertz CT molecular complexity index is 1670. The lowest BCUT2D eigenvalue weighted by atomic mass is 10.0. The van der Waals surface area contributed by atoms with Gasteiger partial charge in [-0.05, 0) is 76.0 Å². The van der Waals surface area contributed by atoms with Crippen LogP contribution in [0, 0.1) is 48.3 Å². The minimum absolute atomic E-state index is 0.0152. The summed E-state index contributed by atoms with van der Waals surface area (Å²) in [6.07, 6.45) is 8.92. The van der Waals surface area contributed by atoms with Crippen LogP contribution in [0.5, 0.6) is 0 Å². The van der Waals surface area contributed by atoms with Gasteiger partial charge >= 0.3 is 24.0 Å². The van der Waals surface area contributed by atoms with Gasteiger partial charge in [-0.3, -0.25) is 15.6 Å². The first-order valence-corrected chi connectivity index (χ1v) is 18.2. The molecule has 0 spiro atoms. The van der Waals surface area contributed by atoms with Gasteiger partial charge in [0.25, 0.3) is 5.91 Å². The van der Waals surface area contributed by atoms with Gasteiger partial charge in [0, 0.05) is 39.3 Å². The Morgan fingerprint density at radius 3 is 2.02 bits per heavy atom. The van der Waals surface area contributed by atoms with Crippen LogP contribution >= 0.6 is 0 Å². The summed E-state index contributed by atoms with van der Waals surface area (Å²) in [5.41, 5.74) is 0.950. The lowest BCUT2D eigenvalue weighted by molar-refractivity contribution is -0.172. The van der Waals surface area contributed by atoms with Crippen LogP contribution in [0.2, 0.25) is 0 Å². The minimum atomic E-state index is -1.40. The van der Waals surface area contributed by atoms with Gasteiger partial charge in [-0.15, -0.1) is 12.3 Å². The number of rotatable bonds is 15. The molecule has 292 valence electrons. The lowest BCUT2D eigenvalue weighted by Gasteiger charge is -2.33. The first kappa shape index (κ1) is 41.6. The second-order valence-corrected chi connectivity index (χ2v) is 14.7. The number of carbonyl (C=O) groups excluding carboxylic acids is 4. The molecular formula is C41H52N3O10-. The number of amides is 2. The number of carboxylic acid groups (broad SMARTS) is 1. The minimum Gasteiger partial charge on any atom is -0.479 e. The van der Waals surface area contributed by atoms with Crippen molar-refractivity contribution >= 4 is 35.6 Å². The second kappa shape index (κ2) is 20.3. The van der Waals surface area contributed by atoms with Gasteiger partial charge in [0.05, 0.1) is 13.2 Å². The first-order chi connectivity index (χ1) is 26.0. The zero-order valence-corrected chi connectivity index (χ0v) is 32.0. The summed E-state index contributed by atoms with van der Waals surface area (Å²) in [4.78, 5) is 70.4. The van der Waals surface area contributed by atoms with Crippen molar-refractivity contribution in [3.05, 3.63) is 36.3 Å². The molecule has 1 N–H and O–H groups in total. The molecule has 1 heterocycles. The summed E-state index contributed by atoms with van der Waals surface area (Å²) < 4.78 is 28.4. The van der Waals surface area contributed by atoms with Crippen LogP contribution in [0.1, 0.15) is 73.2 Å². The van der Waals surface area contributed by atoms with E-state index in [2.05, 4.69) is 22.7 Å². The van der Waals surface area contributed by atoms with Crippen molar-refractivity contribution in [3.63, 3.8) is 0 Å². The third-order valence-electron chi connectivity index (χ3n) is 9.11. The van der Waals surface area contributed by atoms with Gasteiger partial charge in [0.2, 0.25) is 0 Å². The van der Waals surface area contributed by atoms with Crippen molar-refractivity contribution in [2.45, 2.75) is 103 Å². The van der Waals surface area contributed by atoms with E-state index in [1.54, 1.807) is 33.1 Å². The van der Waals surface area contributed by atoms with Crippen molar-refractivity contribution in [2.24, 2.45) is 11.8 Å². The number of anilines is 1. The Balaban J connectivity index is 0.00000106. The van der Waals surface area contributed by atoms with Crippen LogP contribution in [0.15, 0.2) is 24.3 Å². The molecule has 0 unspecified atom stereocenters. The Hall–Kier alpha value is -5.19. The molecule has 1 aromatic carbocycles. The van der Waals surface area contributed by atoms with Crippen LogP contribution in [-0.4, -0.2) is 115 Å². The van der Waals surface area contributed by atoms with E-state index < -0.39 is 59.8 Å². The molecule has 2 aliphatic carbocycles. The maximum Gasteiger partial charge on any atom is 0.410 e. The maximum absolute atomic E-state index is 14.2. The molecule has 4 rings (SSSR count). The van der Waals surface area contributed by atoms with Crippen molar-refractivity contribution < 1.29 is 49.4 Å². The van der Waals surface area contributed by atoms with Gasteiger partial charge in [-0.25, -0.2) is 25.1 Å². The average Bonchev–Trinajstić information content (AvgIpc) is 4.09. The molecule has 3 fully saturated rings. The largest absolute Gasteiger partial charge is 0.479 e. The SMILES string of the molecule is C[C@@H](OC(=O)[C@H](CC1CC1)N(C)C(=O)[C@@H](Cc1ccc(N2CCOCC2)cc1)OC(=O)[C@H](CC1CC1)N(C)C(=O)OC(C)(C)C)C(=O)O.[3H]C#CC#CC#[C-]. The number of carboxylic acids is 1. The molecule has 0 aromatic heterocycles. The Morgan fingerprint density at radius 2 is 1.52 bits per heavy atom. The molecule has 0 radical (unpaired) electrons. The van der Waals surface area contributed by atoms with E-state index in [9.17, 15) is 29.1 Å². The summed E-state index contributed by atoms with van der Waals surface area (Å²) in [6, 6.07) is 5.58. The Labute approximate surface area is 320 Å². The molecule has 54 heavy (non-hydrogen) atoms. The van der Waals surface area contributed by atoms with Crippen molar-refractivity contribution in [2.75, 3.05) is 45.3 Å². The van der Waals surface area contributed by atoms with E-state index in [0.29, 0.717) is 26.1 Å². The number of carbonyl (C=O) groups is 5. The number of morpholine rings is 1. The number of esters is 2. The van der Waals surface area contributed by atoms with Crippen LogP contribution in [0.4, 0.5) is 10.5 Å². The lowest BCUT2D eigenvalue weighted by Crippen LogP contribution is -2.52. The highest BCUT2D eigenvalue weighted by molar-refractivity contribution is 5.90. The summed E-state index contributed by atoms with van der Waals surface area (Å²) in [5, 5.41) is 9.31. The molecule has 3 aliphatic rings. The zero-order valence-electron chi connectivity index (χ0n) is 33.0. The van der Waals surface area contributed by atoms with Crippen LogP contribution in [0.3, 0.4) is 0 Å². The molecule has 1 aliphatic heterocycles. The summed E-state index contributed by atoms with van der Waals surface area (Å²) in [7, 11) is 2.93. The predicted molar refractivity (Wildman–Crippen MR) is 199 cm³/mol. The fourth-order valence-corrected chi connectivity index (χ4v) is 5.65. The molecule has 1 saturated heterocycles. The molecule has 2 amide bonds. The quantitative estimate of drug-likeness (QED) is 0.121. The Morgan fingerprint density at radius 1 is 0.963 bits per heavy atom. The molecule has 4 atom stereocenters. The third kappa shape index (κ3) is 14.3. The van der Waals surface area contributed by atoms with E-state index in [4.69, 9.17) is 26.7 Å².